The Morgan fingerprint density at radius 1 is 1.00 bits per heavy atom. The molecule has 0 radical (unpaired) electrons. The molecule has 0 saturated carbocycles. The zero-order valence-corrected chi connectivity index (χ0v) is 16.4. The van der Waals surface area contributed by atoms with Gasteiger partial charge in [0.05, 0.1) is 5.69 Å². The molecule has 2 rings (SSSR count). The molecule has 0 aliphatic carbocycles. The predicted octanol–water partition coefficient (Wildman–Crippen LogP) is 6.88. The van der Waals surface area contributed by atoms with Gasteiger partial charge in [-0.1, -0.05) is 44.5 Å². The van der Waals surface area contributed by atoms with Gasteiger partial charge >= 0.3 is 12.2 Å². The van der Waals surface area contributed by atoms with Crippen LogP contribution >= 0.6 is 31.9 Å². The first-order valence-corrected chi connectivity index (χ1v) is 8.83. The van der Waals surface area contributed by atoms with Gasteiger partial charge in [-0.05, 0) is 54.6 Å². The van der Waals surface area contributed by atoms with Crippen molar-refractivity contribution in [1.29, 1.82) is 0 Å². The summed E-state index contributed by atoms with van der Waals surface area (Å²) in [5.41, 5.74) is -0.724. The summed E-state index contributed by atoms with van der Waals surface area (Å²) in [4.78, 5) is 13.2. The summed E-state index contributed by atoms with van der Waals surface area (Å²) in [7, 11) is 0. The number of carbonyl (C=O) groups is 1. The third-order valence-corrected chi connectivity index (χ3v) is 4.25. The number of nitrogens with zero attached hydrogens (tertiary/aromatic N) is 1. The van der Waals surface area contributed by atoms with E-state index < -0.39 is 17.9 Å². The fourth-order valence-electron chi connectivity index (χ4n) is 2.08. The molecule has 0 bridgehead atoms. The molecule has 2 aromatic carbocycles. The lowest BCUT2D eigenvalue weighted by Gasteiger charge is -2.27. The molecule has 2 aromatic rings. The minimum Gasteiger partial charge on any atom is -0.307 e. The van der Waals surface area contributed by atoms with E-state index in [2.05, 4.69) is 43.8 Å². The topological polar surface area (TPSA) is 32.3 Å². The number of rotatable bonds is 4. The molecule has 26 heavy (non-hydrogen) atoms. The molecule has 0 heterocycles. The number of hydrogen-bond donors (Lipinski definition) is 1. The van der Waals surface area contributed by atoms with Gasteiger partial charge in [0.1, 0.15) is 5.70 Å². The van der Waals surface area contributed by atoms with Gasteiger partial charge in [0, 0.05) is 14.6 Å². The van der Waals surface area contributed by atoms with E-state index in [1.165, 1.54) is 12.1 Å². The molecule has 0 saturated heterocycles. The highest BCUT2D eigenvalue weighted by atomic mass is 79.9. The molecule has 0 spiro atoms. The van der Waals surface area contributed by atoms with E-state index in [1.807, 2.05) is 0 Å². The molecule has 8 heteroatoms. The van der Waals surface area contributed by atoms with Gasteiger partial charge in [0.15, 0.2) is 0 Å². The van der Waals surface area contributed by atoms with Crippen LogP contribution < -0.4 is 10.2 Å². The zero-order valence-electron chi connectivity index (χ0n) is 13.2. The normalized spacial score (nSPS) is 11.8. The van der Waals surface area contributed by atoms with Crippen molar-refractivity contribution in [3.05, 3.63) is 81.9 Å². The number of halogens is 5. The van der Waals surface area contributed by atoms with E-state index >= 15 is 0 Å². The molecule has 0 aliphatic heterocycles. The van der Waals surface area contributed by atoms with Crippen molar-refractivity contribution in [2.75, 3.05) is 10.2 Å². The average molecular weight is 490 g/mol. The number of nitrogens with one attached hydrogen (secondary N) is 1. The highest BCUT2D eigenvalue weighted by molar-refractivity contribution is 9.10. The summed E-state index contributed by atoms with van der Waals surface area (Å²) in [6, 6.07) is 11.5. The second kappa shape index (κ2) is 8.55. The largest absolute Gasteiger partial charge is 0.431 e. The Morgan fingerprint density at radius 3 is 1.96 bits per heavy atom. The van der Waals surface area contributed by atoms with Crippen LogP contribution in [0.5, 0.6) is 0 Å². The van der Waals surface area contributed by atoms with Crippen molar-refractivity contribution < 1.29 is 18.0 Å². The second-order valence-electron chi connectivity index (χ2n) is 5.03. The Labute approximate surface area is 165 Å². The highest BCUT2D eigenvalue weighted by Crippen LogP contribution is 2.33. The van der Waals surface area contributed by atoms with Gasteiger partial charge < -0.3 is 5.32 Å². The molecule has 2 amide bonds. The number of alkyl halides is 3. The maximum Gasteiger partial charge on any atom is 0.431 e. The number of urea groups is 1. The van der Waals surface area contributed by atoms with Crippen LogP contribution in [0.1, 0.15) is 0 Å². The molecule has 0 aromatic heterocycles. The molecule has 0 unspecified atom stereocenters. The predicted molar refractivity (Wildman–Crippen MR) is 104 cm³/mol. The fraction of sp³-hybridized carbons (Fsp3) is 0.0556. The van der Waals surface area contributed by atoms with Crippen LogP contribution in [0.25, 0.3) is 0 Å². The summed E-state index contributed by atoms with van der Waals surface area (Å²) in [5.74, 6) is 0. The van der Waals surface area contributed by atoms with Gasteiger partial charge in [0.25, 0.3) is 0 Å². The maximum absolute atomic E-state index is 13.5. The summed E-state index contributed by atoms with van der Waals surface area (Å²) >= 11 is 6.48. The molecular formula is C18H13Br2F3N2O. The SMILES string of the molecule is C=C/C=C(/N(C(=O)Nc1ccc(Br)cc1)c1ccc(Br)cc1)C(F)(F)F. The first kappa shape index (κ1) is 20.3. The third-order valence-electron chi connectivity index (χ3n) is 3.19. The number of benzene rings is 2. The molecule has 0 aliphatic rings. The van der Waals surface area contributed by atoms with Crippen molar-refractivity contribution in [2.45, 2.75) is 6.18 Å². The van der Waals surface area contributed by atoms with Crippen LogP contribution in [0.2, 0.25) is 0 Å². The first-order valence-electron chi connectivity index (χ1n) is 7.24. The Balaban J connectivity index is 2.46. The lowest BCUT2D eigenvalue weighted by molar-refractivity contribution is -0.0925. The second-order valence-corrected chi connectivity index (χ2v) is 6.87. The summed E-state index contributed by atoms with van der Waals surface area (Å²) < 4.78 is 42.0. The third kappa shape index (κ3) is 5.22. The number of anilines is 2. The standard InChI is InChI=1S/C18H13Br2F3N2O/c1-2-3-16(18(21,22)23)25(15-10-6-13(20)7-11-15)17(26)24-14-8-4-12(19)5-9-14/h2-11H,1H2,(H,24,26)/b16-3+. The molecule has 0 fully saturated rings. The van der Waals surface area contributed by atoms with Crippen LogP contribution in [0, 0.1) is 0 Å². The van der Waals surface area contributed by atoms with Gasteiger partial charge in [-0.3, -0.25) is 4.90 Å². The van der Waals surface area contributed by atoms with Crippen molar-refractivity contribution in [3.8, 4) is 0 Å². The molecular weight excluding hydrogens is 477 g/mol. The van der Waals surface area contributed by atoms with E-state index in [1.54, 1.807) is 36.4 Å². The van der Waals surface area contributed by atoms with Crippen LogP contribution in [0.4, 0.5) is 29.3 Å². The number of carbonyl (C=O) groups excluding carboxylic acids is 1. The van der Waals surface area contributed by atoms with Crippen LogP contribution in [0.3, 0.4) is 0 Å². The smallest absolute Gasteiger partial charge is 0.307 e. The van der Waals surface area contributed by atoms with E-state index in [4.69, 9.17) is 0 Å². The van der Waals surface area contributed by atoms with Crippen molar-refractivity contribution in [2.24, 2.45) is 0 Å². The van der Waals surface area contributed by atoms with E-state index in [0.29, 0.717) is 15.1 Å². The number of amides is 2. The van der Waals surface area contributed by atoms with Crippen LogP contribution in [-0.4, -0.2) is 12.2 Å². The number of allylic oxidation sites excluding steroid dienone is 3. The molecule has 136 valence electrons. The zero-order chi connectivity index (χ0) is 19.3. The maximum atomic E-state index is 13.5. The Bertz CT molecular complexity index is 816. The Kier molecular flexibility index (Phi) is 6.66. The average Bonchev–Trinajstić information content (AvgIpc) is 2.57. The molecule has 0 atom stereocenters. The van der Waals surface area contributed by atoms with Gasteiger partial charge in [-0.15, -0.1) is 0 Å². The first-order chi connectivity index (χ1) is 12.2. The van der Waals surface area contributed by atoms with Crippen molar-refractivity contribution >= 4 is 49.3 Å². The number of hydrogen-bond acceptors (Lipinski definition) is 1. The minimum atomic E-state index is -4.75. The monoisotopic (exact) mass is 488 g/mol. The van der Waals surface area contributed by atoms with Crippen molar-refractivity contribution in [1.82, 2.24) is 0 Å². The van der Waals surface area contributed by atoms with Crippen LogP contribution in [-0.2, 0) is 0 Å². The Hall–Kier alpha value is -2.06. The van der Waals surface area contributed by atoms with Crippen molar-refractivity contribution in [3.63, 3.8) is 0 Å². The summed E-state index contributed by atoms with van der Waals surface area (Å²) in [5, 5.41) is 2.47. The molecule has 3 nitrogen and oxygen atoms in total. The molecule has 1 N–H and O–H groups in total. The lowest BCUT2D eigenvalue weighted by Crippen LogP contribution is -2.39. The fourth-order valence-corrected chi connectivity index (χ4v) is 2.60. The van der Waals surface area contributed by atoms with Gasteiger partial charge in [-0.25, -0.2) is 4.79 Å². The lowest BCUT2D eigenvalue weighted by atomic mass is 10.2. The minimum absolute atomic E-state index is 0.0632. The van der Waals surface area contributed by atoms with E-state index in [9.17, 15) is 18.0 Å². The Morgan fingerprint density at radius 2 is 1.50 bits per heavy atom. The van der Waals surface area contributed by atoms with Crippen LogP contribution in [0.15, 0.2) is 81.9 Å². The van der Waals surface area contributed by atoms with E-state index in [-0.39, 0.29) is 5.69 Å². The highest BCUT2D eigenvalue weighted by Gasteiger charge is 2.40. The summed E-state index contributed by atoms with van der Waals surface area (Å²) in [6.45, 7) is 3.31. The summed E-state index contributed by atoms with van der Waals surface area (Å²) in [6.07, 6.45) is -3.01. The van der Waals surface area contributed by atoms with Gasteiger partial charge in [0.2, 0.25) is 0 Å². The quantitative estimate of drug-likeness (QED) is 0.466. The van der Waals surface area contributed by atoms with Gasteiger partial charge in [-0.2, -0.15) is 13.2 Å². The van der Waals surface area contributed by atoms with E-state index in [0.717, 1.165) is 16.6 Å².